The topological polar surface area (TPSA) is 88.2 Å². The average molecular weight is 500 g/mol. The zero-order chi connectivity index (χ0) is 25.2. The number of nitrogens with zero attached hydrogens (tertiary/aromatic N) is 2. The molecule has 1 saturated heterocycles. The highest BCUT2D eigenvalue weighted by Crippen LogP contribution is 2.34. The van der Waals surface area contributed by atoms with Crippen molar-refractivity contribution in [3.8, 4) is 0 Å². The summed E-state index contributed by atoms with van der Waals surface area (Å²) >= 11 is 1.04. The first kappa shape index (κ1) is 26.6. The highest BCUT2D eigenvalue weighted by atomic mass is 32.1. The van der Waals surface area contributed by atoms with E-state index in [4.69, 9.17) is 9.47 Å². The van der Waals surface area contributed by atoms with Crippen LogP contribution in [0.4, 0.5) is 5.00 Å². The number of carbonyl (C=O) groups excluding carboxylic acids is 3. The number of piperazine rings is 1. The average Bonchev–Trinajstić information content (AvgIpc) is 3.16. The Bertz CT molecular complexity index is 1040. The molecule has 0 radical (unpaired) electrons. The number of ether oxygens (including phenoxy) is 2. The number of rotatable bonds is 10. The molecule has 0 unspecified atom stereocenters. The second-order valence-corrected chi connectivity index (χ2v) is 9.16. The number of anilines is 1. The molecule has 1 aromatic carbocycles. The van der Waals surface area contributed by atoms with E-state index in [1.165, 1.54) is 5.56 Å². The fourth-order valence-corrected chi connectivity index (χ4v) is 4.95. The van der Waals surface area contributed by atoms with Gasteiger partial charge in [0.15, 0.2) is 0 Å². The number of esters is 2. The SMILES string of the molecule is CCOC(=O)c1sc(NC(=O)CN2CCN(C/C=C/c3ccccc3)CC2)c(C(=O)OCC)c1C. The van der Waals surface area contributed by atoms with E-state index < -0.39 is 11.9 Å². The summed E-state index contributed by atoms with van der Waals surface area (Å²) in [6.07, 6.45) is 4.28. The van der Waals surface area contributed by atoms with E-state index in [0.717, 1.165) is 44.1 Å². The fourth-order valence-electron chi connectivity index (χ4n) is 3.84. The monoisotopic (exact) mass is 499 g/mol. The summed E-state index contributed by atoms with van der Waals surface area (Å²) in [5.74, 6) is -1.31. The third kappa shape index (κ3) is 7.48. The van der Waals surface area contributed by atoms with Gasteiger partial charge in [0.05, 0.1) is 25.3 Å². The van der Waals surface area contributed by atoms with E-state index in [1.54, 1.807) is 20.8 Å². The van der Waals surface area contributed by atoms with Crippen molar-refractivity contribution in [1.29, 1.82) is 0 Å². The summed E-state index contributed by atoms with van der Waals surface area (Å²) in [5, 5.41) is 3.14. The van der Waals surface area contributed by atoms with Crippen LogP contribution < -0.4 is 5.32 Å². The molecule has 8 nitrogen and oxygen atoms in total. The zero-order valence-corrected chi connectivity index (χ0v) is 21.4. The lowest BCUT2D eigenvalue weighted by Crippen LogP contribution is -2.48. The van der Waals surface area contributed by atoms with Gasteiger partial charge in [-0.25, -0.2) is 9.59 Å². The Morgan fingerprint density at radius 2 is 1.60 bits per heavy atom. The van der Waals surface area contributed by atoms with Gasteiger partial charge >= 0.3 is 11.9 Å². The van der Waals surface area contributed by atoms with E-state index in [9.17, 15) is 14.4 Å². The van der Waals surface area contributed by atoms with Crippen molar-refractivity contribution in [2.45, 2.75) is 20.8 Å². The second-order valence-electron chi connectivity index (χ2n) is 8.14. The van der Waals surface area contributed by atoms with Crippen LogP contribution in [0.25, 0.3) is 6.08 Å². The maximum atomic E-state index is 12.8. The highest BCUT2D eigenvalue weighted by Gasteiger charge is 2.28. The molecule has 1 amide bonds. The molecular weight excluding hydrogens is 466 g/mol. The molecule has 188 valence electrons. The lowest BCUT2D eigenvalue weighted by Gasteiger charge is -2.33. The van der Waals surface area contributed by atoms with E-state index in [2.05, 4.69) is 39.4 Å². The van der Waals surface area contributed by atoms with Crippen molar-refractivity contribution >= 4 is 40.3 Å². The van der Waals surface area contributed by atoms with Crippen LogP contribution in [0.1, 0.15) is 45.0 Å². The van der Waals surface area contributed by atoms with Gasteiger partial charge in [-0.05, 0) is 31.9 Å². The van der Waals surface area contributed by atoms with Crippen molar-refractivity contribution in [1.82, 2.24) is 9.80 Å². The number of amides is 1. The number of thiophene rings is 1. The number of hydrogen-bond acceptors (Lipinski definition) is 8. The summed E-state index contributed by atoms with van der Waals surface area (Å²) in [5.41, 5.74) is 1.85. The Labute approximate surface area is 210 Å². The normalized spacial score (nSPS) is 14.7. The summed E-state index contributed by atoms with van der Waals surface area (Å²) in [4.78, 5) is 42.4. The van der Waals surface area contributed by atoms with Crippen molar-refractivity contribution in [2.75, 3.05) is 57.8 Å². The van der Waals surface area contributed by atoms with Crippen molar-refractivity contribution < 1.29 is 23.9 Å². The van der Waals surface area contributed by atoms with Crippen LogP contribution in [0.3, 0.4) is 0 Å². The molecule has 1 aliphatic rings. The number of nitrogens with one attached hydrogen (secondary N) is 1. The van der Waals surface area contributed by atoms with Gasteiger partial charge in [-0.15, -0.1) is 11.3 Å². The Morgan fingerprint density at radius 1 is 0.971 bits per heavy atom. The molecule has 2 heterocycles. The molecule has 1 aliphatic heterocycles. The summed E-state index contributed by atoms with van der Waals surface area (Å²) in [7, 11) is 0. The molecule has 0 atom stereocenters. The van der Waals surface area contributed by atoms with Crippen LogP contribution in [0.2, 0.25) is 0 Å². The molecule has 2 aromatic rings. The van der Waals surface area contributed by atoms with Gasteiger partial charge in [0, 0.05) is 32.7 Å². The lowest BCUT2D eigenvalue weighted by atomic mass is 10.1. The molecule has 3 rings (SSSR count). The Hall–Kier alpha value is -3.01. The Morgan fingerprint density at radius 3 is 2.26 bits per heavy atom. The number of hydrogen-bond donors (Lipinski definition) is 1. The Balaban J connectivity index is 1.55. The molecule has 0 saturated carbocycles. The van der Waals surface area contributed by atoms with Crippen molar-refractivity contribution in [2.24, 2.45) is 0 Å². The molecule has 9 heteroatoms. The maximum Gasteiger partial charge on any atom is 0.348 e. The molecular formula is C26H33N3O5S. The van der Waals surface area contributed by atoms with E-state index in [0.29, 0.717) is 15.4 Å². The third-order valence-electron chi connectivity index (χ3n) is 5.65. The molecule has 0 spiro atoms. The molecule has 1 aromatic heterocycles. The minimum absolute atomic E-state index is 0.195. The molecule has 0 bridgehead atoms. The summed E-state index contributed by atoms with van der Waals surface area (Å²) in [6.45, 7) is 9.86. The Kier molecular flexibility index (Phi) is 10.0. The van der Waals surface area contributed by atoms with Crippen LogP contribution in [0.15, 0.2) is 36.4 Å². The first-order valence-electron chi connectivity index (χ1n) is 11.9. The third-order valence-corrected chi connectivity index (χ3v) is 6.83. The molecule has 35 heavy (non-hydrogen) atoms. The van der Waals surface area contributed by atoms with Gasteiger partial charge in [-0.3, -0.25) is 14.6 Å². The van der Waals surface area contributed by atoms with Crippen LogP contribution in [-0.2, 0) is 14.3 Å². The van der Waals surface area contributed by atoms with Crippen molar-refractivity contribution in [3.63, 3.8) is 0 Å². The molecule has 1 fully saturated rings. The largest absolute Gasteiger partial charge is 0.462 e. The van der Waals surface area contributed by atoms with E-state index in [1.807, 2.05) is 18.2 Å². The first-order valence-corrected chi connectivity index (χ1v) is 12.7. The summed E-state index contributed by atoms with van der Waals surface area (Å²) in [6, 6.07) is 10.2. The summed E-state index contributed by atoms with van der Waals surface area (Å²) < 4.78 is 10.2. The standard InChI is InChI=1S/C26H33N3O5S/c1-4-33-25(31)22-19(3)23(26(32)34-5-2)35-24(22)27-21(30)18-29-16-14-28(15-17-29)13-9-12-20-10-7-6-8-11-20/h6-12H,4-5,13-18H2,1-3H3,(H,27,30)/b12-9+. The zero-order valence-electron chi connectivity index (χ0n) is 20.5. The van der Waals surface area contributed by atoms with E-state index >= 15 is 0 Å². The van der Waals surface area contributed by atoms with Crippen molar-refractivity contribution in [3.05, 3.63) is 58.0 Å². The van der Waals surface area contributed by atoms with Gasteiger partial charge in [-0.2, -0.15) is 0 Å². The van der Waals surface area contributed by atoms with Gasteiger partial charge in [0.1, 0.15) is 9.88 Å². The van der Waals surface area contributed by atoms with Crippen LogP contribution in [0, 0.1) is 6.92 Å². The number of benzene rings is 1. The molecule has 0 aliphatic carbocycles. The maximum absolute atomic E-state index is 12.8. The smallest absolute Gasteiger partial charge is 0.348 e. The first-order chi connectivity index (χ1) is 16.9. The van der Waals surface area contributed by atoms with Gasteiger partial charge in [0.25, 0.3) is 0 Å². The predicted octanol–water partition coefficient (Wildman–Crippen LogP) is 3.68. The van der Waals surface area contributed by atoms with Crippen LogP contribution >= 0.6 is 11.3 Å². The van der Waals surface area contributed by atoms with E-state index in [-0.39, 0.29) is 31.2 Å². The lowest BCUT2D eigenvalue weighted by molar-refractivity contribution is -0.117. The second kappa shape index (κ2) is 13.2. The van der Waals surface area contributed by atoms with Gasteiger partial charge < -0.3 is 14.8 Å². The fraction of sp³-hybridized carbons (Fsp3) is 0.423. The minimum atomic E-state index is -0.565. The van der Waals surface area contributed by atoms with Crippen LogP contribution in [0.5, 0.6) is 0 Å². The quantitative estimate of drug-likeness (QED) is 0.499. The van der Waals surface area contributed by atoms with Gasteiger partial charge in [0.2, 0.25) is 5.91 Å². The highest BCUT2D eigenvalue weighted by molar-refractivity contribution is 7.18. The van der Waals surface area contributed by atoms with Crippen LogP contribution in [-0.4, -0.2) is 80.1 Å². The number of carbonyl (C=O) groups is 3. The predicted molar refractivity (Wildman–Crippen MR) is 138 cm³/mol. The van der Waals surface area contributed by atoms with Gasteiger partial charge in [-0.1, -0.05) is 42.5 Å². The molecule has 1 N–H and O–H groups in total. The minimum Gasteiger partial charge on any atom is -0.462 e.